The van der Waals surface area contributed by atoms with Crippen LogP contribution >= 0.6 is 0 Å². The van der Waals surface area contributed by atoms with Crippen LogP contribution in [0.2, 0.25) is 0 Å². The van der Waals surface area contributed by atoms with Crippen molar-refractivity contribution in [1.29, 1.82) is 0 Å². The van der Waals surface area contributed by atoms with Crippen LogP contribution in [-0.2, 0) is 15.4 Å². The minimum Gasteiger partial charge on any atom is -0.207 e. The smallest absolute Gasteiger partial charge is 0.207 e. The standard InChI is InChI=1S/C78H17NO2S/c1-13-9-11-15(12-10-13)82(80,81)79-77(17-8-4-6-14-5-2-3-7-16(14)17)78-74-70-64-50-42-34-22-19-18-20-23(22)35-37-33-27(20)29-25-21(18)24-28-26(19)32-36(34)48(50)56-54-40(32)38(28)46-44-30(24)31(25)45-47-39(29)41(33)55-57-49(37)51(43(35)42)65(64)71(74)67(57)69-61(55)59(47)63-53(45)52(44)62-58(46)60(54)68(66(56)70)75(78)72(62)73(63)76(69)78/h2-12,74,77,79H,1H3. The first-order chi connectivity index (χ1) is 40.5. The van der Waals surface area contributed by atoms with Gasteiger partial charge >= 0.3 is 0 Å². The summed E-state index contributed by atoms with van der Waals surface area (Å²) in [5.41, 5.74) is 7.17. The maximum absolute atomic E-state index is 16.4. The van der Waals surface area contributed by atoms with Crippen LogP contribution in [0, 0.1) is 6.92 Å². The van der Waals surface area contributed by atoms with Crippen LogP contribution in [0.1, 0.15) is 45.3 Å². The summed E-state index contributed by atoms with van der Waals surface area (Å²) < 4.78 is 36.7. The van der Waals surface area contributed by atoms with Gasteiger partial charge in [-0.25, -0.2) is 13.1 Å². The molecule has 31 aromatic carbocycles. The van der Waals surface area contributed by atoms with Crippen molar-refractivity contribution < 1.29 is 8.42 Å². The van der Waals surface area contributed by atoms with E-state index in [9.17, 15) is 0 Å². The molecule has 0 saturated heterocycles. The largest absolute Gasteiger partial charge is 0.241 e. The van der Waals surface area contributed by atoms with E-state index in [0.717, 1.165) is 21.9 Å². The molecule has 0 radical (unpaired) electrons. The van der Waals surface area contributed by atoms with Gasteiger partial charge in [0, 0.05) is 5.92 Å². The van der Waals surface area contributed by atoms with Gasteiger partial charge in [-0.2, -0.15) is 0 Å². The average molecular weight is 1030 g/mol. The second kappa shape index (κ2) is 8.04. The fraction of sp³-hybridized carbons (Fsp3) is 0.0513. The van der Waals surface area contributed by atoms with Crippen molar-refractivity contribution in [2.45, 2.75) is 29.2 Å². The lowest BCUT2D eigenvalue weighted by Crippen LogP contribution is -2.49. The van der Waals surface area contributed by atoms with Gasteiger partial charge in [0.05, 0.1) is 16.4 Å². The Balaban J connectivity index is 1.02. The Morgan fingerprint density at radius 3 is 0.927 bits per heavy atom. The second-order valence-electron chi connectivity index (χ2n) is 28.6. The summed E-state index contributed by atoms with van der Waals surface area (Å²) in [5, 5.41) is 85.7. The van der Waals surface area contributed by atoms with E-state index in [0.29, 0.717) is 4.90 Å². The average Bonchev–Trinajstić information content (AvgIpc) is 1.41. The molecular weight excluding hydrogens is 1010 g/mol. The van der Waals surface area contributed by atoms with E-state index in [1.165, 1.54) is 141 Å². The molecule has 0 bridgehead atoms. The molecule has 0 amide bonds. The predicted molar refractivity (Wildman–Crippen MR) is 343 cm³/mol. The summed E-state index contributed by atoms with van der Waals surface area (Å²) in [4.78, 5) is 0.326. The van der Waals surface area contributed by atoms with Gasteiger partial charge in [0.1, 0.15) is 0 Å². The van der Waals surface area contributed by atoms with Gasteiger partial charge in [0.2, 0.25) is 10.0 Å². The van der Waals surface area contributed by atoms with Gasteiger partial charge in [-0.3, -0.25) is 0 Å². The van der Waals surface area contributed by atoms with E-state index < -0.39 is 21.5 Å². The Labute approximate surface area is 451 Å². The van der Waals surface area contributed by atoms with E-state index in [1.807, 2.05) is 24.3 Å². The van der Waals surface area contributed by atoms with Gasteiger partial charge in [0.25, 0.3) is 0 Å². The molecule has 4 aliphatic carbocycles. The Morgan fingerprint density at radius 2 is 0.585 bits per heavy atom. The van der Waals surface area contributed by atoms with Crippen LogP contribution in [0.5, 0.6) is 0 Å². The highest BCUT2D eigenvalue weighted by Gasteiger charge is 2.66. The first-order valence-electron chi connectivity index (χ1n) is 29.9. The summed E-state index contributed by atoms with van der Waals surface area (Å²) in [6.45, 7) is 2.06. The van der Waals surface area contributed by atoms with E-state index >= 15 is 8.42 Å². The highest BCUT2D eigenvalue weighted by atomic mass is 32.2. The Hall–Kier alpha value is -9.71. The molecule has 0 fully saturated rings. The SMILES string of the molecule is Cc1ccc(S(=O)(=O)NC(c2cccc3ccccc23)C23c4c5c6c7c8c9c(c%10c%11c2c2c4c4c%12c5c5c6c6c8c8c%13c9c9c%10c%10c%11c%11c2c2c4c4c%12c%12c5c5c6c8c6c8c%13c9c9c%10c%10c%11c2c2c4c4c%12c5c6c5c8c9c%10c2c45)C73)cc1. The minimum atomic E-state index is -4.17. The number of rotatable bonds is 5. The van der Waals surface area contributed by atoms with Crippen molar-refractivity contribution in [3.63, 3.8) is 0 Å². The van der Waals surface area contributed by atoms with Crippen LogP contribution in [-0.4, -0.2) is 8.42 Å². The lowest BCUT2D eigenvalue weighted by molar-refractivity contribution is 0.365. The normalized spacial score (nSPS) is 20.0. The molecule has 4 heteroatoms. The molecule has 4 aliphatic rings. The molecular formula is C78H17NO2S. The van der Waals surface area contributed by atoms with Crippen molar-refractivity contribution >= 4 is 312 Å². The quantitative estimate of drug-likeness (QED) is 0.175. The molecule has 82 heavy (non-hydrogen) atoms. The van der Waals surface area contributed by atoms with Crippen molar-refractivity contribution in [1.82, 2.24) is 4.72 Å². The maximum Gasteiger partial charge on any atom is 0.241 e. The molecule has 3 nitrogen and oxygen atoms in total. The van der Waals surface area contributed by atoms with Gasteiger partial charge < -0.3 is 0 Å². The molecule has 1 unspecified atom stereocenters. The molecule has 31 aromatic rings. The Kier molecular flexibility index (Phi) is 3.25. The lowest BCUT2D eigenvalue weighted by Gasteiger charge is -2.50. The summed E-state index contributed by atoms with van der Waals surface area (Å²) >= 11 is 0. The molecule has 352 valence electrons. The summed E-state index contributed by atoms with van der Waals surface area (Å²) in [6, 6.07) is 22.7. The predicted octanol–water partition coefficient (Wildman–Crippen LogP) is 20.3. The number of fused-ring (bicyclic) bond motifs is 1. The van der Waals surface area contributed by atoms with Crippen LogP contribution in [0.15, 0.2) is 71.6 Å². The van der Waals surface area contributed by atoms with Crippen LogP contribution in [0.3, 0.4) is 0 Å². The minimum absolute atomic E-state index is 0.150. The maximum atomic E-state index is 16.4. The topological polar surface area (TPSA) is 46.2 Å². The highest BCUT2D eigenvalue weighted by Crippen LogP contribution is 2.84. The molecule has 0 aromatic heterocycles. The molecule has 0 heterocycles. The van der Waals surface area contributed by atoms with E-state index in [2.05, 4.69) is 54.1 Å². The second-order valence-corrected chi connectivity index (χ2v) is 30.3. The van der Waals surface area contributed by atoms with E-state index in [4.69, 9.17) is 0 Å². The van der Waals surface area contributed by atoms with Crippen molar-refractivity contribution in [2.75, 3.05) is 0 Å². The Morgan fingerprint density at radius 1 is 0.317 bits per heavy atom. The summed E-state index contributed by atoms with van der Waals surface area (Å²) in [6.07, 6.45) is 0. The number of hydrogen-bond acceptors (Lipinski definition) is 2. The van der Waals surface area contributed by atoms with Crippen molar-refractivity contribution in [2.24, 2.45) is 0 Å². The van der Waals surface area contributed by atoms with E-state index in [-0.39, 0.29) is 5.92 Å². The van der Waals surface area contributed by atoms with Crippen molar-refractivity contribution in [3.8, 4) is 0 Å². The first kappa shape index (κ1) is 33.1. The van der Waals surface area contributed by atoms with Gasteiger partial charge in [-0.05, 0) is 349 Å². The highest BCUT2D eigenvalue weighted by molar-refractivity contribution is 7.89. The summed E-state index contributed by atoms with van der Waals surface area (Å²) in [7, 11) is -4.17. The van der Waals surface area contributed by atoms with Gasteiger partial charge in [-0.1, -0.05) is 60.2 Å². The number of hydrogen-bond donors (Lipinski definition) is 1. The third-order valence-corrected chi connectivity index (χ3v) is 28.8. The molecule has 0 saturated carbocycles. The number of sulfonamides is 1. The molecule has 0 aliphatic heterocycles. The molecule has 35 rings (SSSR count). The van der Waals surface area contributed by atoms with E-state index in [1.54, 1.807) is 172 Å². The third-order valence-electron chi connectivity index (χ3n) is 27.4. The van der Waals surface area contributed by atoms with Crippen molar-refractivity contribution in [3.05, 3.63) is 100 Å². The molecule has 1 N–H and O–H groups in total. The monoisotopic (exact) mass is 1030 g/mol. The summed E-state index contributed by atoms with van der Waals surface area (Å²) in [5.74, 6) is -0.150. The zero-order valence-corrected chi connectivity index (χ0v) is 43.0. The zero-order chi connectivity index (χ0) is 50.0. The van der Waals surface area contributed by atoms with Crippen LogP contribution in [0.4, 0.5) is 0 Å². The fourth-order valence-electron chi connectivity index (χ4n) is 26.5. The first-order valence-corrected chi connectivity index (χ1v) is 31.3. The fourth-order valence-corrected chi connectivity index (χ4v) is 27.8. The van der Waals surface area contributed by atoms with Gasteiger partial charge in [0.15, 0.2) is 0 Å². The number of nitrogens with one attached hydrogen (secondary N) is 1. The molecule has 0 spiro atoms. The number of aryl methyl sites for hydroxylation is 1. The van der Waals surface area contributed by atoms with Crippen LogP contribution < -0.4 is 4.72 Å². The Bertz CT molecular complexity index is 8170. The molecule has 1 atom stereocenters. The number of benzene rings is 21. The zero-order valence-electron chi connectivity index (χ0n) is 42.2. The third kappa shape index (κ3) is 2.02. The van der Waals surface area contributed by atoms with Crippen LogP contribution in [0.25, 0.3) is 302 Å². The lowest BCUT2D eigenvalue weighted by atomic mass is 9.53. The van der Waals surface area contributed by atoms with Gasteiger partial charge in [-0.15, -0.1) is 0 Å².